The lowest BCUT2D eigenvalue weighted by molar-refractivity contribution is 0.295. The molecule has 0 aliphatic heterocycles. The van der Waals surface area contributed by atoms with Crippen molar-refractivity contribution >= 4 is 10.9 Å². The summed E-state index contributed by atoms with van der Waals surface area (Å²) in [6.45, 7) is 3.26. The molecule has 0 spiro atoms. The molecule has 0 radical (unpaired) electrons. The van der Waals surface area contributed by atoms with Gasteiger partial charge in [0, 0.05) is 18.1 Å². The summed E-state index contributed by atoms with van der Waals surface area (Å²) in [7, 11) is 0. The van der Waals surface area contributed by atoms with Gasteiger partial charge in [0.15, 0.2) is 0 Å². The number of nitrogens with zero attached hydrogens (tertiary/aromatic N) is 2. The number of hydrogen-bond acceptors (Lipinski definition) is 2. The SMILES string of the molecule is CCn1c(COc2cccnc2)cc2ccc(F)cc21. The van der Waals surface area contributed by atoms with Crippen molar-refractivity contribution < 1.29 is 9.13 Å². The Hall–Kier alpha value is -2.36. The van der Waals surface area contributed by atoms with Gasteiger partial charge in [-0.2, -0.15) is 0 Å². The van der Waals surface area contributed by atoms with Gasteiger partial charge in [0.2, 0.25) is 0 Å². The van der Waals surface area contributed by atoms with Crippen LogP contribution in [-0.4, -0.2) is 9.55 Å². The van der Waals surface area contributed by atoms with Gasteiger partial charge in [0.05, 0.1) is 17.4 Å². The van der Waals surface area contributed by atoms with E-state index in [4.69, 9.17) is 4.74 Å². The van der Waals surface area contributed by atoms with Crippen molar-refractivity contribution in [2.75, 3.05) is 0 Å². The van der Waals surface area contributed by atoms with Crippen LogP contribution in [0.5, 0.6) is 5.75 Å². The lowest BCUT2D eigenvalue weighted by Crippen LogP contribution is -2.04. The minimum absolute atomic E-state index is 0.218. The molecule has 0 unspecified atom stereocenters. The van der Waals surface area contributed by atoms with Crippen LogP contribution < -0.4 is 4.74 Å². The van der Waals surface area contributed by atoms with Crippen LogP contribution in [0, 0.1) is 5.82 Å². The van der Waals surface area contributed by atoms with Crippen LogP contribution in [0.1, 0.15) is 12.6 Å². The van der Waals surface area contributed by atoms with E-state index in [0.29, 0.717) is 6.61 Å². The average molecular weight is 270 g/mol. The molecule has 3 aromatic rings. The first-order valence-electron chi connectivity index (χ1n) is 6.58. The zero-order chi connectivity index (χ0) is 13.9. The maximum Gasteiger partial charge on any atom is 0.138 e. The number of aryl methyl sites for hydroxylation is 1. The molecule has 0 amide bonds. The number of rotatable bonds is 4. The summed E-state index contributed by atoms with van der Waals surface area (Å²) in [6, 6.07) is 10.6. The Balaban J connectivity index is 1.91. The zero-order valence-electron chi connectivity index (χ0n) is 11.2. The maximum atomic E-state index is 13.4. The fourth-order valence-corrected chi connectivity index (χ4v) is 2.37. The van der Waals surface area contributed by atoms with E-state index < -0.39 is 0 Å². The second kappa shape index (κ2) is 5.33. The molecular weight excluding hydrogens is 255 g/mol. The third kappa shape index (κ3) is 2.37. The molecule has 4 heteroatoms. The molecule has 0 saturated carbocycles. The molecule has 1 aromatic carbocycles. The number of fused-ring (bicyclic) bond motifs is 1. The molecule has 2 heterocycles. The Morgan fingerprint density at radius 1 is 1.25 bits per heavy atom. The van der Waals surface area contributed by atoms with Gasteiger partial charge in [-0.1, -0.05) is 0 Å². The Morgan fingerprint density at radius 3 is 2.90 bits per heavy atom. The highest BCUT2D eigenvalue weighted by molar-refractivity contribution is 5.81. The molecule has 3 nitrogen and oxygen atoms in total. The first kappa shape index (κ1) is 12.7. The second-order valence-electron chi connectivity index (χ2n) is 4.56. The predicted octanol–water partition coefficient (Wildman–Crippen LogP) is 3.77. The van der Waals surface area contributed by atoms with Crippen molar-refractivity contribution in [2.24, 2.45) is 0 Å². The summed E-state index contributed by atoms with van der Waals surface area (Å²) in [5, 5.41) is 1.03. The van der Waals surface area contributed by atoms with Gasteiger partial charge < -0.3 is 9.30 Å². The van der Waals surface area contributed by atoms with Crippen LogP contribution in [0.15, 0.2) is 48.8 Å². The van der Waals surface area contributed by atoms with Gasteiger partial charge in [0.25, 0.3) is 0 Å². The Bertz CT molecular complexity index is 722. The van der Waals surface area contributed by atoms with Gasteiger partial charge in [-0.3, -0.25) is 4.98 Å². The van der Waals surface area contributed by atoms with Crippen LogP contribution in [-0.2, 0) is 13.2 Å². The fraction of sp³-hybridized carbons (Fsp3) is 0.188. The van der Waals surface area contributed by atoms with E-state index in [1.165, 1.54) is 6.07 Å². The van der Waals surface area contributed by atoms with E-state index in [1.54, 1.807) is 24.5 Å². The topological polar surface area (TPSA) is 27.1 Å². The van der Waals surface area contributed by atoms with Crippen molar-refractivity contribution in [1.82, 2.24) is 9.55 Å². The molecule has 0 atom stereocenters. The average Bonchev–Trinajstić information content (AvgIpc) is 2.83. The number of aromatic nitrogens is 2. The summed E-state index contributed by atoms with van der Waals surface area (Å²) >= 11 is 0. The van der Waals surface area contributed by atoms with Crippen LogP contribution in [0.4, 0.5) is 4.39 Å². The molecule has 0 fully saturated rings. The maximum absolute atomic E-state index is 13.4. The molecule has 2 aromatic heterocycles. The van der Waals surface area contributed by atoms with Gasteiger partial charge in [0.1, 0.15) is 18.2 Å². The number of benzene rings is 1. The zero-order valence-corrected chi connectivity index (χ0v) is 11.2. The predicted molar refractivity (Wildman–Crippen MR) is 76.1 cm³/mol. The van der Waals surface area contributed by atoms with E-state index in [-0.39, 0.29) is 5.82 Å². The van der Waals surface area contributed by atoms with E-state index in [1.807, 2.05) is 25.1 Å². The smallest absolute Gasteiger partial charge is 0.138 e. The summed E-state index contributed by atoms with van der Waals surface area (Å²) in [5.74, 6) is 0.511. The monoisotopic (exact) mass is 270 g/mol. The minimum atomic E-state index is -0.218. The first-order valence-corrected chi connectivity index (χ1v) is 6.58. The molecule has 102 valence electrons. The highest BCUT2D eigenvalue weighted by Crippen LogP contribution is 2.22. The quantitative estimate of drug-likeness (QED) is 0.721. The van der Waals surface area contributed by atoms with Crippen LogP contribution >= 0.6 is 0 Å². The summed E-state index contributed by atoms with van der Waals surface area (Å²) < 4.78 is 21.1. The molecule has 20 heavy (non-hydrogen) atoms. The normalized spacial score (nSPS) is 10.9. The second-order valence-corrected chi connectivity index (χ2v) is 4.56. The van der Waals surface area contributed by atoms with E-state index in [2.05, 4.69) is 9.55 Å². The molecule has 0 N–H and O–H groups in total. The highest BCUT2D eigenvalue weighted by atomic mass is 19.1. The van der Waals surface area contributed by atoms with Crippen molar-refractivity contribution in [3.63, 3.8) is 0 Å². The number of ether oxygens (including phenoxy) is 1. The molecule has 0 aliphatic rings. The molecule has 3 rings (SSSR count). The third-order valence-corrected chi connectivity index (χ3v) is 3.29. The number of pyridine rings is 1. The van der Waals surface area contributed by atoms with Crippen LogP contribution in [0.25, 0.3) is 10.9 Å². The Labute approximate surface area is 116 Å². The minimum Gasteiger partial charge on any atom is -0.486 e. The lowest BCUT2D eigenvalue weighted by Gasteiger charge is -2.09. The number of halogens is 1. The van der Waals surface area contributed by atoms with Gasteiger partial charge in [-0.25, -0.2) is 4.39 Å². The number of hydrogen-bond donors (Lipinski definition) is 0. The van der Waals surface area contributed by atoms with Crippen molar-refractivity contribution in [3.8, 4) is 5.75 Å². The van der Waals surface area contributed by atoms with Crippen molar-refractivity contribution in [1.29, 1.82) is 0 Å². The summed E-state index contributed by atoms with van der Waals surface area (Å²) in [6.07, 6.45) is 3.39. The van der Waals surface area contributed by atoms with Gasteiger partial charge in [-0.05, 0) is 43.3 Å². The van der Waals surface area contributed by atoms with Crippen LogP contribution in [0.2, 0.25) is 0 Å². The van der Waals surface area contributed by atoms with E-state index in [0.717, 1.165) is 28.9 Å². The van der Waals surface area contributed by atoms with Crippen molar-refractivity contribution in [2.45, 2.75) is 20.1 Å². The highest BCUT2D eigenvalue weighted by Gasteiger charge is 2.09. The molecular formula is C16H15FN2O. The van der Waals surface area contributed by atoms with Crippen LogP contribution in [0.3, 0.4) is 0 Å². The van der Waals surface area contributed by atoms with E-state index >= 15 is 0 Å². The molecule has 0 aliphatic carbocycles. The third-order valence-electron chi connectivity index (χ3n) is 3.29. The fourth-order valence-electron chi connectivity index (χ4n) is 2.37. The summed E-state index contributed by atoms with van der Waals surface area (Å²) in [4.78, 5) is 4.01. The van der Waals surface area contributed by atoms with Gasteiger partial charge >= 0.3 is 0 Å². The van der Waals surface area contributed by atoms with E-state index in [9.17, 15) is 4.39 Å². The molecule has 0 saturated heterocycles. The lowest BCUT2D eigenvalue weighted by atomic mass is 10.2. The Morgan fingerprint density at radius 2 is 2.15 bits per heavy atom. The Kier molecular flexibility index (Phi) is 3.37. The van der Waals surface area contributed by atoms with Crippen molar-refractivity contribution in [3.05, 3.63) is 60.3 Å². The molecule has 0 bridgehead atoms. The standard InChI is InChI=1S/C16H15FN2O/c1-2-19-14(11-20-15-4-3-7-18-10-15)8-12-5-6-13(17)9-16(12)19/h3-10H,2,11H2,1H3. The van der Waals surface area contributed by atoms with Gasteiger partial charge in [-0.15, -0.1) is 0 Å². The first-order chi connectivity index (χ1) is 9.78. The largest absolute Gasteiger partial charge is 0.486 e. The summed E-state index contributed by atoms with van der Waals surface area (Å²) in [5.41, 5.74) is 1.93.